The Labute approximate surface area is 141 Å². The summed E-state index contributed by atoms with van der Waals surface area (Å²) < 4.78 is 1.58. The van der Waals surface area contributed by atoms with E-state index < -0.39 is 5.97 Å². The highest BCUT2D eigenvalue weighted by atomic mass is 35.5. The predicted molar refractivity (Wildman–Crippen MR) is 86.9 cm³/mol. The van der Waals surface area contributed by atoms with Crippen LogP contribution in [-0.4, -0.2) is 20.5 Å². The van der Waals surface area contributed by atoms with Crippen molar-refractivity contribution in [2.24, 2.45) is 10.2 Å². The molecule has 0 aliphatic rings. The number of hydrogen-bond acceptors (Lipinski definition) is 5. The number of pyridine rings is 1. The standard InChI is InChI=1S/C16H10ClN5O2/c17-11-4-5-14-19-13(7-15(23)24)16(22(14)9-11)21-20-12-3-1-2-10(6-12)8-18/h1-6,9H,7H2,(H,23,24). The number of fused-ring (bicyclic) bond motifs is 1. The molecule has 2 heterocycles. The normalized spacial score (nSPS) is 11.0. The molecule has 1 aromatic carbocycles. The van der Waals surface area contributed by atoms with Crippen molar-refractivity contribution in [3.05, 3.63) is 58.9 Å². The maximum atomic E-state index is 11.0. The third kappa shape index (κ3) is 3.24. The molecule has 24 heavy (non-hydrogen) atoms. The van der Waals surface area contributed by atoms with E-state index in [1.54, 1.807) is 47.0 Å². The molecule has 7 nitrogen and oxygen atoms in total. The van der Waals surface area contributed by atoms with Gasteiger partial charge in [0.2, 0.25) is 0 Å². The van der Waals surface area contributed by atoms with E-state index in [-0.39, 0.29) is 17.9 Å². The van der Waals surface area contributed by atoms with Crippen molar-refractivity contribution in [1.82, 2.24) is 9.38 Å². The number of nitrogens with zero attached hydrogens (tertiary/aromatic N) is 5. The molecule has 0 amide bonds. The van der Waals surface area contributed by atoms with Crippen LogP contribution in [0.3, 0.4) is 0 Å². The Kier molecular flexibility index (Phi) is 4.22. The highest BCUT2D eigenvalue weighted by Gasteiger charge is 2.15. The first-order chi connectivity index (χ1) is 11.6. The van der Waals surface area contributed by atoms with E-state index in [9.17, 15) is 4.79 Å². The second-order valence-electron chi connectivity index (χ2n) is 4.89. The average molecular weight is 340 g/mol. The first-order valence-corrected chi connectivity index (χ1v) is 7.25. The van der Waals surface area contributed by atoms with Gasteiger partial charge in [0.25, 0.3) is 0 Å². The molecule has 0 aliphatic heterocycles. The zero-order valence-corrected chi connectivity index (χ0v) is 13.0. The predicted octanol–water partition coefficient (Wildman–Crippen LogP) is 3.90. The van der Waals surface area contributed by atoms with Crippen molar-refractivity contribution in [2.75, 3.05) is 0 Å². The van der Waals surface area contributed by atoms with E-state index >= 15 is 0 Å². The number of hydrogen-bond donors (Lipinski definition) is 1. The second-order valence-corrected chi connectivity index (χ2v) is 5.33. The van der Waals surface area contributed by atoms with Crippen LogP contribution in [0.25, 0.3) is 5.65 Å². The first-order valence-electron chi connectivity index (χ1n) is 6.87. The number of halogens is 1. The summed E-state index contributed by atoms with van der Waals surface area (Å²) in [5.41, 5.74) is 1.74. The van der Waals surface area contributed by atoms with Gasteiger partial charge in [0.1, 0.15) is 5.65 Å². The lowest BCUT2D eigenvalue weighted by molar-refractivity contribution is -0.136. The van der Waals surface area contributed by atoms with Gasteiger partial charge in [0.15, 0.2) is 5.82 Å². The van der Waals surface area contributed by atoms with Crippen molar-refractivity contribution >= 4 is 34.7 Å². The van der Waals surface area contributed by atoms with Gasteiger partial charge in [-0.1, -0.05) is 17.7 Å². The molecule has 3 aromatic rings. The van der Waals surface area contributed by atoms with Gasteiger partial charge in [-0.2, -0.15) is 5.26 Å². The van der Waals surface area contributed by atoms with Crippen molar-refractivity contribution in [3.8, 4) is 6.07 Å². The van der Waals surface area contributed by atoms with Crippen LogP contribution in [0.1, 0.15) is 11.3 Å². The van der Waals surface area contributed by atoms with Crippen LogP contribution in [-0.2, 0) is 11.2 Å². The van der Waals surface area contributed by atoms with Crippen molar-refractivity contribution in [2.45, 2.75) is 6.42 Å². The minimum absolute atomic E-state index is 0.282. The zero-order chi connectivity index (χ0) is 17.1. The molecule has 3 rings (SSSR count). The van der Waals surface area contributed by atoms with Crippen molar-refractivity contribution in [1.29, 1.82) is 5.26 Å². The van der Waals surface area contributed by atoms with E-state index in [0.717, 1.165) is 0 Å². The van der Waals surface area contributed by atoms with Gasteiger partial charge >= 0.3 is 5.97 Å². The summed E-state index contributed by atoms with van der Waals surface area (Å²) in [6.45, 7) is 0. The molecular formula is C16H10ClN5O2. The number of aromatic nitrogens is 2. The molecule has 0 aliphatic carbocycles. The molecule has 0 atom stereocenters. The topological polar surface area (TPSA) is 103 Å². The summed E-state index contributed by atoms with van der Waals surface area (Å²) in [5, 5.41) is 26.6. The fourth-order valence-corrected chi connectivity index (χ4v) is 2.33. The number of carboxylic acids is 1. The van der Waals surface area contributed by atoms with Crippen LogP contribution >= 0.6 is 11.6 Å². The van der Waals surface area contributed by atoms with Gasteiger partial charge < -0.3 is 5.11 Å². The van der Waals surface area contributed by atoms with Gasteiger partial charge in [0, 0.05) is 6.20 Å². The Morgan fingerprint density at radius 1 is 1.33 bits per heavy atom. The lowest BCUT2D eigenvalue weighted by atomic mass is 10.2. The molecule has 0 fully saturated rings. The molecule has 2 aromatic heterocycles. The Bertz CT molecular complexity index is 1000. The van der Waals surface area contributed by atoms with Crippen molar-refractivity contribution < 1.29 is 9.90 Å². The number of benzene rings is 1. The summed E-state index contributed by atoms with van der Waals surface area (Å²) in [6, 6.07) is 12.0. The van der Waals surface area contributed by atoms with Crippen LogP contribution in [0.15, 0.2) is 52.8 Å². The van der Waals surface area contributed by atoms with Crippen molar-refractivity contribution in [3.63, 3.8) is 0 Å². The smallest absolute Gasteiger partial charge is 0.309 e. The number of azo groups is 1. The van der Waals surface area contributed by atoms with E-state index in [1.165, 1.54) is 0 Å². The largest absolute Gasteiger partial charge is 0.481 e. The van der Waals surface area contributed by atoms with Gasteiger partial charge in [0.05, 0.1) is 34.5 Å². The summed E-state index contributed by atoms with van der Waals surface area (Å²) in [7, 11) is 0. The third-order valence-electron chi connectivity index (χ3n) is 3.18. The first kappa shape index (κ1) is 15.6. The summed E-state index contributed by atoms with van der Waals surface area (Å²) in [6.07, 6.45) is 1.31. The lowest BCUT2D eigenvalue weighted by Gasteiger charge is -1.98. The number of nitriles is 1. The molecule has 1 N–H and O–H groups in total. The summed E-state index contributed by atoms with van der Waals surface area (Å²) in [5.74, 6) is -0.732. The number of carboxylic acid groups (broad SMARTS) is 1. The second kappa shape index (κ2) is 6.48. The van der Waals surface area contributed by atoms with Crippen LogP contribution in [0, 0.1) is 11.3 Å². The molecule has 0 spiro atoms. The number of imidazole rings is 1. The highest BCUT2D eigenvalue weighted by molar-refractivity contribution is 6.30. The van der Waals surface area contributed by atoms with E-state index in [0.29, 0.717) is 21.9 Å². The fourth-order valence-electron chi connectivity index (χ4n) is 2.17. The lowest BCUT2D eigenvalue weighted by Crippen LogP contribution is -2.00. The molecule has 0 radical (unpaired) electrons. The maximum absolute atomic E-state index is 11.0. The molecule has 8 heteroatoms. The van der Waals surface area contributed by atoms with E-state index in [4.69, 9.17) is 22.0 Å². The SMILES string of the molecule is N#Cc1cccc(N=Nc2c(CC(=O)O)nc3ccc(Cl)cn23)c1. The minimum atomic E-state index is -1.02. The number of rotatable bonds is 4. The van der Waals surface area contributed by atoms with Gasteiger partial charge in [-0.05, 0) is 30.3 Å². The van der Waals surface area contributed by atoms with Crippen LogP contribution in [0.5, 0.6) is 0 Å². The zero-order valence-electron chi connectivity index (χ0n) is 12.2. The van der Waals surface area contributed by atoms with E-state index in [1.807, 2.05) is 6.07 Å². The van der Waals surface area contributed by atoms with Gasteiger partial charge in [-0.3, -0.25) is 9.20 Å². The average Bonchev–Trinajstić information content (AvgIpc) is 2.89. The Balaban J connectivity index is 2.09. The number of aliphatic carboxylic acids is 1. The highest BCUT2D eigenvalue weighted by Crippen LogP contribution is 2.26. The molecule has 0 saturated heterocycles. The summed E-state index contributed by atoms with van der Waals surface area (Å²) >= 11 is 5.99. The third-order valence-corrected chi connectivity index (χ3v) is 3.40. The van der Waals surface area contributed by atoms with Gasteiger partial charge in [-0.25, -0.2) is 4.98 Å². The van der Waals surface area contributed by atoms with Crippen LogP contribution < -0.4 is 0 Å². The Morgan fingerprint density at radius 2 is 2.17 bits per heavy atom. The summed E-state index contributed by atoms with van der Waals surface area (Å²) in [4.78, 5) is 15.3. The fraction of sp³-hybridized carbons (Fsp3) is 0.0625. The molecule has 0 saturated carbocycles. The van der Waals surface area contributed by atoms with E-state index in [2.05, 4.69) is 15.2 Å². The Hall–Kier alpha value is -3.24. The quantitative estimate of drug-likeness (QED) is 0.728. The molecular weight excluding hydrogens is 330 g/mol. The van der Waals surface area contributed by atoms with Crippen LogP contribution in [0.4, 0.5) is 11.5 Å². The number of carbonyl (C=O) groups is 1. The monoisotopic (exact) mass is 339 g/mol. The Morgan fingerprint density at radius 3 is 2.92 bits per heavy atom. The molecule has 0 unspecified atom stereocenters. The van der Waals surface area contributed by atoms with Crippen LogP contribution in [0.2, 0.25) is 5.02 Å². The minimum Gasteiger partial charge on any atom is -0.481 e. The molecule has 0 bridgehead atoms. The molecule has 118 valence electrons. The maximum Gasteiger partial charge on any atom is 0.309 e. The van der Waals surface area contributed by atoms with Gasteiger partial charge in [-0.15, -0.1) is 10.2 Å².